The van der Waals surface area contributed by atoms with Gasteiger partial charge in [-0.2, -0.15) is 5.09 Å². The third-order valence-corrected chi connectivity index (χ3v) is 8.14. The van der Waals surface area contributed by atoms with Gasteiger partial charge in [0.15, 0.2) is 0 Å². The van der Waals surface area contributed by atoms with Gasteiger partial charge in [0.2, 0.25) is 0 Å². The summed E-state index contributed by atoms with van der Waals surface area (Å²) in [6.07, 6.45) is 1.24. The summed E-state index contributed by atoms with van der Waals surface area (Å²) >= 11 is 0. The molecule has 2 heterocycles. The molecule has 1 spiro atoms. The number of esters is 1. The summed E-state index contributed by atoms with van der Waals surface area (Å²) in [7, 11) is -4.16. The fraction of sp³-hybridized carbons (Fsp3) is 0.542. The lowest BCUT2D eigenvalue weighted by Crippen LogP contribution is -2.37. The maximum atomic E-state index is 13.7. The van der Waals surface area contributed by atoms with Gasteiger partial charge < -0.3 is 19.1 Å². The van der Waals surface area contributed by atoms with Gasteiger partial charge in [-0.15, -0.1) is 0 Å². The highest BCUT2D eigenvalue weighted by molar-refractivity contribution is 7.52. The van der Waals surface area contributed by atoms with E-state index >= 15 is 0 Å². The number of aliphatic hydroxyl groups excluding tert-OH is 1. The van der Waals surface area contributed by atoms with E-state index in [1.807, 2.05) is 6.92 Å². The SMILES string of the molecule is CCCCOC(=O)C(C)NP(=O)(OCC1OC(n2ccc(=O)[nH]c2=O)C2(CC2)C1O)Oc1ccccc1. The van der Waals surface area contributed by atoms with Crippen LogP contribution in [0.1, 0.15) is 45.8 Å². The van der Waals surface area contributed by atoms with Crippen LogP contribution in [-0.4, -0.2) is 52.1 Å². The van der Waals surface area contributed by atoms with Gasteiger partial charge in [0.25, 0.3) is 5.56 Å². The highest BCUT2D eigenvalue weighted by atomic mass is 31.2. The molecule has 5 atom stereocenters. The molecule has 2 aromatic rings. The number of benzene rings is 1. The molecular formula is C24H32N3O9P. The van der Waals surface area contributed by atoms with Gasteiger partial charge in [0.1, 0.15) is 24.1 Å². The minimum atomic E-state index is -4.16. The number of aliphatic hydroxyl groups is 1. The molecule has 1 aliphatic heterocycles. The first-order valence-electron chi connectivity index (χ1n) is 12.3. The molecule has 3 N–H and O–H groups in total. The van der Waals surface area contributed by atoms with Crippen LogP contribution in [0, 0.1) is 5.41 Å². The van der Waals surface area contributed by atoms with Crippen molar-refractivity contribution in [2.75, 3.05) is 13.2 Å². The van der Waals surface area contributed by atoms with E-state index in [1.54, 1.807) is 30.3 Å². The Morgan fingerprint density at radius 3 is 2.68 bits per heavy atom. The van der Waals surface area contributed by atoms with Crippen LogP contribution in [0.15, 0.2) is 52.2 Å². The number of hydrogen-bond donors (Lipinski definition) is 3. The van der Waals surface area contributed by atoms with E-state index in [4.69, 9.17) is 18.5 Å². The van der Waals surface area contributed by atoms with Gasteiger partial charge in [-0.1, -0.05) is 31.5 Å². The fourth-order valence-electron chi connectivity index (χ4n) is 4.28. The maximum absolute atomic E-state index is 13.7. The molecule has 1 saturated heterocycles. The number of carbonyl (C=O) groups is 1. The molecule has 0 radical (unpaired) electrons. The molecule has 2 fully saturated rings. The van der Waals surface area contributed by atoms with E-state index in [9.17, 15) is 24.1 Å². The van der Waals surface area contributed by atoms with Crippen LogP contribution in [0.4, 0.5) is 0 Å². The Kier molecular flexibility index (Phi) is 8.35. The van der Waals surface area contributed by atoms with Gasteiger partial charge >= 0.3 is 19.4 Å². The van der Waals surface area contributed by atoms with Crippen LogP contribution >= 0.6 is 7.75 Å². The second kappa shape index (κ2) is 11.3. The van der Waals surface area contributed by atoms with E-state index in [0.29, 0.717) is 19.3 Å². The number of H-pyrrole nitrogens is 1. The van der Waals surface area contributed by atoms with Crippen molar-refractivity contribution in [3.63, 3.8) is 0 Å². The Balaban J connectivity index is 1.48. The second-order valence-electron chi connectivity index (χ2n) is 9.29. The van der Waals surface area contributed by atoms with Crippen LogP contribution in [0.25, 0.3) is 0 Å². The summed E-state index contributed by atoms with van der Waals surface area (Å²) in [5, 5.41) is 13.6. The zero-order chi connectivity index (χ0) is 26.6. The number of aromatic amines is 1. The molecule has 1 aromatic carbocycles. The van der Waals surface area contributed by atoms with Crippen molar-refractivity contribution in [3.05, 3.63) is 63.4 Å². The predicted octanol–water partition coefficient (Wildman–Crippen LogP) is 2.10. The highest BCUT2D eigenvalue weighted by Crippen LogP contribution is 2.62. The first kappa shape index (κ1) is 27.3. The molecule has 5 unspecified atom stereocenters. The lowest BCUT2D eigenvalue weighted by Gasteiger charge is -2.24. The van der Waals surface area contributed by atoms with E-state index in [-0.39, 0.29) is 19.0 Å². The average Bonchev–Trinajstić information content (AvgIpc) is 3.62. The first-order valence-corrected chi connectivity index (χ1v) is 13.8. The van der Waals surface area contributed by atoms with E-state index in [2.05, 4.69) is 10.1 Å². The number of unbranched alkanes of at least 4 members (excludes halogenated alkanes) is 1. The lowest BCUT2D eigenvalue weighted by molar-refractivity contribution is -0.145. The lowest BCUT2D eigenvalue weighted by atomic mass is 9.96. The molecular weight excluding hydrogens is 505 g/mol. The topological polar surface area (TPSA) is 158 Å². The summed E-state index contributed by atoms with van der Waals surface area (Å²) in [4.78, 5) is 38.4. The molecule has 13 heteroatoms. The standard InChI is InChI=1S/C24H32N3O9P/c1-3-4-14-33-21(30)16(2)26-37(32,36-17-8-6-5-7-9-17)34-15-18-20(29)24(11-12-24)22(35-18)27-13-10-19(28)25-23(27)31/h5-10,13,16,18,20,22,29H,3-4,11-12,14-15H2,1-2H3,(H,26,32)(H,25,28,31). The highest BCUT2D eigenvalue weighted by Gasteiger charge is 2.64. The summed E-state index contributed by atoms with van der Waals surface area (Å²) in [6.45, 7) is 3.33. The molecule has 0 amide bonds. The monoisotopic (exact) mass is 537 g/mol. The van der Waals surface area contributed by atoms with Crippen molar-refractivity contribution in [1.29, 1.82) is 0 Å². The van der Waals surface area contributed by atoms with Crippen molar-refractivity contribution < 1.29 is 33.0 Å². The number of ether oxygens (including phenoxy) is 2. The number of nitrogens with zero attached hydrogens (tertiary/aromatic N) is 1. The van der Waals surface area contributed by atoms with Crippen LogP contribution < -0.4 is 20.9 Å². The number of aromatic nitrogens is 2. The Labute approximate surface area is 213 Å². The van der Waals surface area contributed by atoms with E-state index < -0.39 is 54.9 Å². The number of para-hydroxylation sites is 1. The Hall–Kier alpha value is -2.76. The molecule has 2 aliphatic rings. The zero-order valence-corrected chi connectivity index (χ0v) is 21.6. The molecule has 202 valence electrons. The third kappa shape index (κ3) is 6.22. The second-order valence-corrected chi connectivity index (χ2v) is 11.0. The molecule has 37 heavy (non-hydrogen) atoms. The first-order chi connectivity index (χ1) is 17.7. The molecule has 1 aliphatic carbocycles. The largest absolute Gasteiger partial charge is 0.465 e. The van der Waals surface area contributed by atoms with Gasteiger partial charge in [-0.05, 0) is 38.3 Å². The van der Waals surface area contributed by atoms with Crippen LogP contribution in [0.3, 0.4) is 0 Å². The van der Waals surface area contributed by atoms with Crippen molar-refractivity contribution in [2.45, 2.75) is 64.0 Å². The molecule has 1 aromatic heterocycles. The van der Waals surface area contributed by atoms with E-state index in [0.717, 1.165) is 6.42 Å². The molecule has 1 saturated carbocycles. The van der Waals surface area contributed by atoms with Gasteiger partial charge in [0, 0.05) is 17.7 Å². The normalized spacial score (nSPS) is 24.4. The quantitative estimate of drug-likeness (QED) is 0.208. The van der Waals surface area contributed by atoms with Crippen LogP contribution in [0.2, 0.25) is 0 Å². The Bertz CT molecular complexity index is 1240. The van der Waals surface area contributed by atoms with Crippen molar-refractivity contribution in [2.24, 2.45) is 5.41 Å². The van der Waals surface area contributed by atoms with Gasteiger partial charge in [0.05, 0.1) is 19.3 Å². The van der Waals surface area contributed by atoms with Crippen LogP contribution in [0.5, 0.6) is 5.75 Å². The average molecular weight is 538 g/mol. The van der Waals surface area contributed by atoms with Crippen molar-refractivity contribution in [3.8, 4) is 5.75 Å². The minimum Gasteiger partial charge on any atom is -0.465 e. The Morgan fingerprint density at radius 1 is 1.30 bits per heavy atom. The van der Waals surface area contributed by atoms with E-state index in [1.165, 1.54) is 23.8 Å². The predicted molar refractivity (Wildman–Crippen MR) is 132 cm³/mol. The molecule has 0 bridgehead atoms. The number of nitrogens with one attached hydrogen (secondary N) is 2. The number of hydrogen-bond acceptors (Lipinski definition) is 9. The summed E-state index contributed by atoms with van der Waals surface area (Å²) in [6, 6.07) is 8.50. The van der Waals surface area contributed by atoms with Crippen molar-refractivity contribution in [1.82, 2.24) is 14.6 Å². The Morgan fingerprint density at radius 2 is 2.03 bits per heavy atom. The maximum Gasteiger partial charge on any atom is 0.459 e. The van der Waals surface area contributed by atoms with Gasteiger partial charge in [-0.3, -0.25) is 23.7 Å². The van der Waals surface area contributed by atoms with Crippen LogP contribution in [-0.2, 0) is 23.4 Å². The fourth-order valence-corrected chi connectivity index (χ4v) is 5.78. The summed E-state index contributed by atoms with van der Waals surface area (Å²) < 4.78 is 37.4. The minimum absolute atomic E-state index is 0.238. The summed E-state index contributed by atoms with van der Waals surface area (Å²) in [5.41, 5.74) is -1.94. The van der Waals surface area contributed by atoms with Crippen molar-refractivity contribution >= 4 is 13.7 Å². The molecule has 12 nitrogen and oxygen atoms in total. The number of carbonyl (C=O) groups excluding carboxylic acids is 1. The zero-order valence-electron chi connectivity index (χ0n) is 20.7. The smallest absolute Gasteiger partial charge is 0.459 e. The van der Waals surface area contributed by atoms with Gasteiger partial charge in [-0.25, -0.2) is 9.36 Å². The summed E-state index contributed by atoms with van der Waals surface area (Å²) in [5.74, 6) is -0.366. The molecule has 4 rings (SSSR count). The number of rotatable bonds is 12. The third-order valence-electron chi connectivity index (χ3n) is 6.49.